The van der Waals surface area contributed by atoms with Crippen LogP contribution in [0.4, 0.5) is 0 Å². The number of nitrogens with one attached hydrogen (secondary N) is 2. The molecular weight excluding hydrogens is 202 g/mol. The smallest absolute Gasteiger partial charge is 0.237 e. The van der Waals surface area contributed by atoms with Crippen molar-refractivity contribution in [2.45, 2.75) is 32.4 Å². The van der Waals surface area contributed by atoms with Gasteiger partial charge in [-0.2, -0.15) is 0 Å². The van der Waals surface area contributed by atoms with Crippen LogP contribution in [0.15, 0.2) is 0 Å². The van der Waals surface area contributed by atoms with Crippen LogP contribution >= 0.6 is 0 Å². The van der Waals surface area contributed by atoms with E-state index in [1.54, 1.807) is 0 Å². The van der Waals surface area contributed by atoms with Gasteiger partial charge in [-0.3, -0.25) is 9.69 Å². The standard InChI is InChI=1S/C12H21N3O/c1-4-6-14-12(16)10(3)15(7-5-2)11-8-13-9-11/h1,10-11,13H,5-9H2,2-3H3,(H,14,16). The number of carbonyl (C=O) groups excluding carboxylic acids is 1. The summed E-state index contributed by atoms with van der Waals surface area (Å²) in [5.74, 6) is 2.44. The summed E-state index contributed by atoms with van der Waals surface area (Å²) >= 11 is 0. The molecule has 4 heteroatoms. The zero-order chi connectivity index (χ0) is 12.0. The summed E-state index contributed by atoms with van der Waals surface area (Å²) in [4.78, 5) is 14.0. The monoisotopic (exact) mass is 223 g/mol. The number of hydrogen-bond acceptors (Lipinski definition) is 3. The highest BCUT2D eigenvalue weighted by Gasteiger charge is 2.30. The molecule has 2 N–H and O–H groups in total. The summed E-state index contributed by atoms with van der Waals surface area (Å²) in [6, 6.07) is 0.395. The zero-order valence-corrected chi connectivity index (χ0v) is 10.1. The molecular formula is C12H21N3O. The predicted octanol–water partition coefficient (Wildman–Crippen LogP) is -0.192. The van der Waals surface area contributed by atoms with Crippen molar-refractivity contribution >= 4 is 5.91 Å². The van der Waals surface area contributed by atoms with Crippen molar-refractivity contribution in [1.29, 1.82) is 0 Å². The Morgan fingerprint density at radius 3 is 2.81 bits per heavy atom. The van der Waals surface area contributed by atoms with Gasteiger partial charge in [0.05, 0.1) is 12.6 Å². The number of rotatable bonds is 6. The quantitative estimate of drug-likeness (QED) is 0.613. The Kier molecular flexibility index (Phi) is 5.30. The highest BCUT2D eigenvalue weighted by molar-refractivity contribution is 5.81. The summed E-state index contributed by atoms with van der Waals surface area (Å²) in [5.41, 5.74) is 0. The van der Waals surface area contributed by atoms with Crippen molar-refractivity contribution in [2.24, 2.45) is 0 Å². The second kappa shape index (κ2) is 6.51. The predicted molar refractivity (Wildman–Crippen MR) is 65.0 cm³/mol. The minimum Gasteiger partial charge on any atom is -0.344 e. The lowest BCUT2D eigenvalue weighted by Crippen LogP contribution is -2.62. The van der Waals surface area contributed by atoms with Gasteiger partial charge in [0.2, 0.25) is 5.91 Å². The van der Waals surface area contributed by atoms with Gasteiger partial charge in [-0.15, -0.1) is 6.42 Å². The fraction of sp³-hybridized carbons (Fsp3) is 0.750. The fourth-order valence-corrected chi connectivity index (χ4v) is 1.90. The van der Waals surface area contributed by atoms with Crippen LogP contribution in [0, 0.1) is 12.3 Å². The summed E-state index contributed by atoms with van der Waals surface area (Å²) < 4.78 is 0. The first-order valence-electron chi connectivity index (χ1n) is 5.88. The lowest BCUT2D eigenvalue weighted by atomic mass is 10.1. The molecule has 1 atom stereocenters. The van der Waals surface area contributed by atoms with E-state index in [1.807, 2.05) is 6.92 Å². The van der Waals surface area contributed by atoms with E-state index in [1.165, 1.54) is 0 Å². The van der Waals surface area contributed by atoms with Gasteiger partial charge in [0.1, 0.15) is 0 Å². The number of carbonyl (C=O) groups is 1. The summed E-state index contributed by atoms with van der Waals surface area (Å²) in [6.07, 6.45) is 6.18. The largest absolute Gasteiger partial charge is 0.344 e. The van der Waals surface area contributed by atoms with Crippen LogP contribution in [0.5, 0.6) is 0 Å². The van der Waals surface area contributed by atoms with Crippen molar-refractivity contribution in [3.8, 4) is 12.3 Å². The second-order valence-corrected chi connectivity index (χ2v) is 4.15. The highest BCUT2D eigenvalue weighted by atomic mass is 16.2. The Bertz CT molecular complexity index is 268. The van der Waals surface area contributed by atoms with Crippen LogP contribution in [-0.4, -0.2) is 49.1 Å². The maximum atomic E-state index is 11.8. The van der Waals surface area contributed by atoms with Crippen LogP contribution in [0.1, 0.15) is 20.3 Å². The molecule has 0 aliphatic carbocycles. The van der Waals surface area contributed by atoms with Crippen molar-refractivity contribution < 1.29 is 4.79 Å². The third-order valence-electron chi connectivity index (χ3n) is 2.95. The van der Waals surface area contributed by atoms with E-state index < -0.39 is 0 Å². The van der Waals surface area contributed by atoms with Gasteiger partial charge >= 0.3 is 0 Å². The molecule has 1 unspecified atom stereocenters. The highest BCUT2D eigenvalue weighted by Crippen LogP contribution is 2.10. The van der Waals surface area contributed by atoms with Gasteiger partial charge in [-0.25, -0.2) is 0 Å². The average Bonchev–Trinajstić information content (AvgIpc) is 2.21. The van der Waals surface area contributed by atoms with Gasteiger partial charge in [0, 0.05) is 19.1 Å². The van der Waals surface area contributed by atoms with E-state index in [0.717, 1.165) is 26.1 Å². The van der Waals surface area contributed by atoms with Crippen molar-refractivity contribution in [1.82, 2.24) is 15.5 Å². The van der Waals surface area contributed by atoms with Crippen molar-refractivity contribution in [3.05, 3.63) is 0 Å². The number of hydrogen-bond donors (Lipinski definition) is 2. The molecule has 0 aromatic rings. The molecule has 1 saturated heterocycles. The van der Waals surface area contributed by atoms with Gasteiger partial charge in [0.15, 0.2) is 0 Å². The lowest BCUT2D eigenvalue weighted by molar-refractivity contribution is -0.127. The normalized spacial score (nSPS) is 17.6. The molecule has 1 heterocycles. The van der Waals surface area contributed by atoms with E-state index in [4.69, 9.17) is 6.42 Å². The third kappa shape index (κ3) is 3.22. The van der Waals surface area contributed by atoms with Gasteiger partial charge in [-0.05, 0) is 19.9 Å². The number of terminal acetylenes is 1. The topological polar surface area (TPSA) is 44.4 Å². The van der Waals surface area contributed by atoms with Crippen molar-refractivity contribution in [3.63, 3.8) is 0 Å². The Morgan fingerprint density at radius 1 is 1.69 bits per heavy atom. The molecule has 1 aliphatic heterocycles. The molecule has 0 aromatic heterocycles. The van der Waals surface area contributed by atoms with E-state index in [2.05, 4.69) is 28.4 Å². The molecule has 90 valence electrons. The average molecular weight is 223 g/mol. The SMILES string of the molecule is C#CCNC(=O)C(C)N(CCC)C1CNC1. The second-order valence-electron chi connectivity index (χ2n) is 4.15. The molecule has 0 spiro atoms. The maximum absolute atomic E-state index is 11.8. The molecule has 1 fully saturated rings. The Morgan fingerprint density at radius 2 is 2.38 bits per heavy atom. The first-order valence-corrected chi connectivity index (χ1v) is 5.88. The molecule has 0 saturated carbocycles. The lowest BCUT2D eigenvalue weighted by Gasteiger charge is -2.41. The molecule has 1 rings (SSSR count). The van der Waals surface area contributed by atoms with Gasteiger partial charge in [0.25, 0.3) is 0 Å². The van der Waals surface area contributed by atoms with Crippen molar-refractivity contribution in [2.75, 3.05) is 26.2 Å². The first kappa shape index (κ1) is 13.0. The molecule has 0 aromatic carbocycles. The van der Waals surface area contributed by atoms with E-state index in [9.17, 15) is 4.79 Å². The minimum absolute atomic E-state index is 0.0262. The molecule has 4 nitrogen and oxygen atoms in total. The van der Waals surface area contributed by atoms with Crippen LogP contribution in [-0.2, 0) is 4.79 Å². The maximum Gasteiger partial charge on any atom is 0.237 e. The van der Waals surface area contributed by atoms with E-state index in [0.29, 0.717) is 12.6 Å². The summed E-state index contributed by atoms with van der Waals surface area (Å²) in [6.45, 7) is 7.30. The zero-order valence-electron chi connectivity index (χ0n) is 10.1. The molecule has 1 amide bonds. The first-order chi connectivity index (χ1) is 7.70. The van der Waals surface area contributed by atoms with E-state index in [-0.39, 0.29) is 11.9 Å². The molecule has 1 aliphatic rings. The number of nitrogens with zero attached hydrogens (tertiary/aromatic N) is 1. The minimum atomic E-state index is -0.0969. The van der Waals surface area contributed by atoms with Crippen LogP contribution in [0.25, 0.3) is 0 Å². The summed E-state index contributed by atoms with van der Waals surface area (Å²) in [7, 11) is 0. The van der Waals surface area contributed by atoms with Crippen LogP contribution in [0.3, 0.4) is 0 Å². The van der Waals surface area contributed by atoms with Crippen LogP contribution in [0.2, 0.25) is 0 Å². The van der Waals surface area contributed by atoms with E-state index >= 15 is 0 Å². The Hall–Kier alpha value is -1.05. The Balaban J connectivity index is 2.48. The van der Waals surface area contributed by atoms with Gasteiger partial charge in [-0.1, -0.05) is 12.8 Å². The molecule has 16 heavy (non-hydrogen) atoms. The summed E-state index contributed by atoms with van der Waals surface area (Å²) in [5, 5.41) is 5.97. The fourth-order valence-electron chi connectivity index (χ4n) is 1.90. The van der Waals surface area contributed by atoms with Crippen LogP contribution < -0.4 is 10.6 Å². The number of amides is 1. The molecule has 0 bridgehead atoms. The Labute approximate surface area is 97.8 Å². The molecule has 0 radical (unpaired) electrons. The third-order valence-corrected chi connectivity index (χ3v) is 2.95. The van der Waals surface area contributed by atoms with Gasteiger partial charge < -0.3 is 10.6 Å².